The third-order valence-electron chi connectivity index (χ3n) is 5.03. The Hall–Kier alpha value is -2.61. The Kier molecular flexibility index (Phi) is 6.16. The molecule has 3 heterocycles. The van der Waals surface area contributed by atoms with Gasteiger partial charge < -0.3 is 4.42 Å². The van der Waals surface area contributed by atoms with E-state index in [4.69, 9.17) is 4.42 Å². The van der Waals surface area contributed by atoms with E-state index in [0.717, 1.165) is 17.6 Å². The van der Waals surface area contributed by atoms with Crippen molar-refractivity contribution in [2.45, 2.75) is 21.9 Å². The smallest absolute Gasteiger partial charge is 0.322 e. The monoisotopic (exact) mass is 496 g/mol. The number of benzene rings is 1. The van der Waals surface area contributed by atoms with Gasteiger partial charge in [0.15, 0.2) is 9.84 Å². The minimum absolute atomic E-state index is 0.0695. The van der Waals surface area contributed by atoms with Gasteiger partial charge in [-0.05, 0) is 48.6 Å². The lowest BCUT2D eigenvalue weighted by Gasteiger charge is -2.30. The number of nitrogens with one attached hydrogen (secondary N) is 1. The third-order valence-corrected chi connectivity index (χ3v) is 9.40. The van der Waals surface area contributed by atoms with Gasteiger partial charge in [-0.25, -0.2) is 16.8 Å². The zero-order valence-electron chi connectivity index (χ0n) is 17.0. The van der Waals surface area contributed by atoms with Crippen LogP contribution in [0.25, 0.3) is 11.5 Å². The second-order valence-electron chi connectivity index (χ2n) is 7.33. The van der Waals surface area contributed by atoms with Gasteiger partial charge in [0.25, 0.3) is 10.0 Å². The molecule has 4 rings (SSSR count). The van der Waals surface area contributed by atoms with Crippen molar-refractivity contribution in [1.29, 1.82) is 0 Å². The minimum atomic E-state index is -3.63. The molecule has 1 aliphatic heterocycles. The van der Waals surface area contributed by atoms with Crippen LogP contribution in [0.15, 0.2) is 55.3 Å². The number of hydrogen-bond donors (Lipinski definition) is 1. The number of piperidine rings is 1. The normalized spacial score (nSPS) is 17.8. The molecule has 0 spiro atoms. The molecular weight excluding hydrogens is 476 g/mol. The number of sulfonamides is 1. The summed E-state index contributed by atoms with van der Waals surface area (Å²) in [5, 5.41) is 11.9. The lowest BCUT2D eigenvalue weighted by atomic mass is 9.99. The summed E-state index contributed by atoms with van der Waals surface area (Å²) in [6.07, 6.45) is 2.21. The van der Waals surface area contributed by atoms with Crippen LogP contribution < -0.4 is 5.32 Å². The summed E-state index contributed by atoms with van der Waals surface area (Å²) in [7, 11) is -6.95. The van der Waals surface area contributed by atoms with Crippen LogP contribution >= 0.6 is 11.3 Å². The fraction of sp³-hybridized carbons (Fsp3) is 0.316. The largest absolute Gasteiger partial charge is 0.403 e. The number of anilines is 1. The molecule has 1 fully saturated rings. The Balaban J connectivity index is 1.43. The molecule has 32 heavy (non-hydrogen) atoms. The Morgan fingerprint density at radius 2 is 1.91 bits per heavy atom. The van der Waals surface area contributed by atoms with Gasteiger partial charge >= 0.3 is 6.01 Å². The molecule has 1 amide bonds. The Morgan fingerprint density at radius 3 is 2.56 bits per heavy atom. The molecule has 13 heteroatoms. The summed E-state index contributed by atoms with van der Waals surface area (Å²) in [5.41, 5.74) is 0.497. The van der Waals surface area contributed by atoms with Crippen LogP contribution in [0.2, 0.25) is 0 Å². The zero-order valence-corrected chi connectivity index (χ0v) is 19.4. The number of amides is 1. The molecule has 0 bridgehead atoms. The number of carbonyl (C=O) groups is 1. The minimum Gasteiger partial charge on any atom is -0.403 e. The highest BCUT2D eigenvalue weighted by Gasteiger charge is 2.34. The van der Waals surface area contributed by atoms with E-state index in [9.17, 15) is 21.6 Å². The van der Waals surface area contributed by atoms with Gasteiger partial charge in [0.2, 0.25) is 11.8 Å². The molecule has 0 aliphatic carbocycles. The number of thiophene rings is 1. The van der Waals surface area contributed by atoms with Crippen LogP contribution in [0, 0.1) is 5.92 Å². The maximum atomic E-state index is 12.7. The molecule has 1 unspecified atom stereocenters. The summed E-state index contributed by atoms with van der Waals surface area (Å²) in [4.78, 5) is 12.9. The van der Waals surface area contributed by atoms with Gasteiger partial charge in [-0.1, -0.05) is 11.2 Å². The van der Waals surface area contributed by atoms with Crippen molar-refractivity contribution in [2.75, 3.05) is 24.7 Å². The maximum absolute atomic E-state index is 12.7. The van der Waals surface area contributed by atoms with E-state index in [1.54, 1.807) is 17.5 Å². The molecule has 1 N–H and O–H groups in total. The molecule has 1 saturated heterocycles. The van der Waals surface area contributed by atoms with Crippen LogP contribution in [0.4, 0.5) is 6.01 Å². The van der Waals surface area contributed by atoms with Crippen molar-refractivity contribution in [2.24, 2.45) is 5.92 Å². The van der Waals surface area contributed by atoms with Crippen molar-refractivity contribution in [3.63, 3.8) is 0 Å². The first kappa shape index (κ1) is 22.6. The van der Waals surface area contributed by atoms with Crippen LogP contribution in [0.3, 0.4) is 0 Å². The Bertz CT molecular complexity index is 1320. The van der Waals surface area contributed by atoms with Crippen molar-refractivity contribution in [1.82, 2.24) is 14.5 Å². The van der Waals surface area contributed by atoms with E-state index >= 15 is 0 Å². The summed E-state index contributed by atoms with van der Waals surface area (Å²) in [5.74, 6) is -0.840. The molecule has 1 aliphatic rings. The topological polar surface area (TPSA) is 140 Å². The summed E-state index contributed by atoms with van der Waals surface area (Å²) >= 11 is 1.14. The van der Waals surface area contributed by atoms with Gasteiger partial charge in [-0.3, -0.25) is 10.1 Å². The molecular formula is C19H20N4O6S3. The number of sulfone groups is 1. The number of carbonyl (C=O) groups excluding carboxylic acids is 1. The lowest BCUT2D eigenvalue weighted by molar-refractivity contribution is -0.121. The molecule has 170 valence electrons. The summed E-state index contributed by atoms with van der Waals surface area (Å²) < 4.78 is 55.7. The fourth-order valence-electron chi connectivity index (χ4n) is 3.35. The van der Waals surface area contributed by atoms with Gasteiger partial charge in [0, 0.05) is 24.9 Å². The van der Waals surface area contributed by atoms with Crippen LogP contribution in [0.5, 0.6) is 0 Å². The Morgan fingerprint density at radius 1 is 1.16 bits per heavy atom. The van der Waals surface area contributed by atoms with Crippen molar-refractivity contribution in [3.05, 3.63) is 41.8 Å². The molecule has 3 aromatic rings. The molecule has 1 atom stereocenters. The highest BCUT2D eigenvalue weighted by Crippen LogP contribution is 2.27. The van der Waals surface area contributed by atoms with E-state index in [2.05, 4.69) is 15.5 Å². The van der Waals surface area contributed by atoms with E-state index in [1.165, 1.54) is 28.6 Å². The molecule has 0 radical (unpaired) electrons. The SMILES string of the molecule is CS(=O)(=O)c1ccc(-c2nnc(NC(=O)C3CCCN(S(=O)(=O)c4cccs4)C3)o2)cc1. The molecule has 0 saturated carbocycles. The first-order chi connectivity index (χ1) is 15.1. The standard InChI is InChI=1S/C19H20N4O6S3/c1-31(25,26)15-8-6-13(7-9-15)18-21-22-19(29-18)20-17(24)14-4-2-10-23(12-14)32(27,28)16-5-3-11-30-16/h3,5-9,11,14H,2,4,10,12H2,1H3,(H,20,22,24). The number of hydrogen-bond acceptors (Lipinski definition) is 9. The second kappa shape index (κ2) is 8.73. The molecule has 10 nitrogen and oxygen atoms in total. The predicted molar refractivity (Wildman–Crippen MR) is 117 cm³/mol. The van der Waals surface area contributed by atoms with Gasteiger partial charge in [-0.2, -0.15) is 4.31 Å². The van der Waals surface area contributed by atoms with Crippen molar-refractivity contribution >= 4 is 43.1 Å². The highest BCUT2D eigenvalue weighted by molar-refractivity contribution is 7.91. The Labute approximate surface area is 189 Å². The van der Waals surface area contributed by atoms with E-state index < -0.39 is 31.7 Å². The summed E-state index contributed by atoms with van der Waals surface area (Å²) in [6.45, 7) is 0.429. The third kappa shape index (κ3) is 4.75. The fourth-order valence-corrected chi connectivity index (χ4v) is 6.65. The highest BCUT2D eigenvalue weighted by atomic mass is 32.2. The number of aromatic nitrogens is 2. The molecule has 2 aromatic heterocycles. The second-order valence-corrected chi connectivity index (χ2v) is 12.5. The zero-order chi connectivity index (χ0) is 22.9. The van der Waals surface area contributed by atoms with Crippen LogP contribution in [-0.4, -0.2) is 56.6 Å². The van der Waals surface area contributed by atoms with E-state index in [-0.39, 0.29) is 27.6 Å². The van der Waals surface area contributed by atoms with Crippen molar-refractivity contribution < 1.29 is 26.0 Å². The lowest BCUT2D eigenvalue weighted by Crippen LogP contribution is -2.43. The maximum Gasteiger partial charge on any atom is 0.322 e. The average Bonchev–Trinajstić information content (AvgIpc) is 3.46. The van der Waals surface area contributed by atoms with E-state index in [1.807, 2.05) is 0 Å². The van der Waals surface area contributed by atoms with Crippen LogP contribution in [0.1, 0.15) is 12.8 Å². The summed E-state index contributed by atoms with van der Waals surface area (Å²) in [6, 6.07) is 9.03. The average molecular weight is 497 g/mol. The van der Waals surface area contributed by atoms with Gasteiger partial charge in [-0.15, -0.1) is 16.4 Å². The van der Waals surface area contributed by atoms with E-state index in [0.29, 0.717) is 24.9 Å². The first-order valence-corrected chi connectivity index (χ1v) is 13.8. The van der Waals surface area contributed by atoms with Gasteiger partial charge in [0.1, 0.15) is 4.21 Å². The predicted octanol–water partition coefficient (Wildman–Crippen LogP) is 2.24. The van der Waals surface area contributed by atoms with Gasteiger partial charge in [0.05, 0.1) is 10.8 Å². The first-order valence-electron chi connectivity index (χ1n) is 9.63. The van der Waals surface area contributed by atoms with Crippen molar-refractivity contribution in [3.8, 4) is 11.5 Å². The quantitative estimate of drug-likeness (QED) is 0.548. The molecule has 1 aromatic carbocycles. The van der Waals surface area contributed by atoms with Crippen LogP contribution in [-0.2, 0) is 24.7 Å². The number of nitrogens with zero attached hydrogens (tertiary/aromatic N) is 3. The number of rotatable bonds is 6.